The van der Waals surface area contributed by atoms with Crippen LogP contribution in [0.25, 0.3) is 27.9 Å². The molecule has 0 spiro atoms. The molecule has 1 saturated carbocycles. The minimum atomic E-state index is 0.0815. The first-order valence-corrected chi connectivity index (χ1v) is 14.1. The Morgan fingerprint density at radius 1 is 0.974 bits per heavy atom. The van der Waals surface area contributed by atoms with Crippen LogP contribution in [0.1, 0.15) is 38.5 Å². The minimum Gasteiger partial charge on any atom is -0.383 e. The van der Waals surface area contributed by atoms with Crippen molar-refractivity contribution in [3.8, 4) is 22.3 Å². The SMILES string of the molecule is CN1CCN(c2cccc(-c3cnn4c(N)c(-c5ccc(NC(=O)CCC6CCCC6)cc5)cnc34)c2)CC1. The van der Waals surface area contributed by atoms with E-state index in [0.717, 1.165) is 66.2 Å². The molecule has 1 saturated heterocycles. The lowest BCUT2D eigenvalue weighted by Crippen LogP contribution is -2.44. The van der Waals surface area contributed by atoms with Crippen LogP contribution in [-0.2, 0) is 4.79 Å². The molecule has 2 fully saturated rings. The number of fused-ring (bicyclic) bond motifs is 1. The molecule has 1 amide bonds. The second kappa shape index (κ2) is 11.1. The fourth-order valence-electron chi connectivity index (χ4n) is 5.90. The van der Waals surface area contributed by atoms with Crippen molar-refractivity contribution in [2.75, 3.05) is 49.2 Å². The van der Waals surface area contributed by atoms with E-state index in [0.29, 0.717) is 18.2 Å². The van der Waals surface area contributed by atoms with E-state index >= 15 is 0 Å². The van der Waals surface area contributed by atoms with Gasteiger partial charge in [0.1, 0.15) is 5.82 Å². The topological polar surface area (TPSA) is 91.8 Å². The van der Waals surface area contributed by atoms with E-state index in [1.807, 2.05) is 36.7 Å². The Morgan fingerprint density at radius 3 is 2.51 bits per heavy atom. The van der Waals surface area contributed by atoms with E-state index in [4.69, 9.17) is 10.7 Å². The molecule has 202 valence electrons. The molecule has 39 heavy (non-hydrogen) atoms. The molecule has 1 aliphatic heterocycles. The number of nitrogens with zero attached hydrogens (tertiary/aromatic N) is 5. The first-order valence-electron chi connectivity index (χ1n) is 14.1. The molecule has 3 N–H and O–H groups in total. The third kappa shape index (κ3) is 5.47. The summed E-state index contributed by atoms with van der Waals surface area (Å²) >= 11 is 0. The van der Waals surface area contributed by atoms with Gasteiger partial charge in [0.25, 0.3) is 0 Å². The predicted molar refractivity (Wildman–Crippen MR) is 158 cm³/mol. The van der Waals surface area contributed by atoms with E-state index in [-0.39, 0.29) is 5.91 Å². The van der Waals surface area contributed by atoms with Gasteiger partial charge in [0.05, 0.1) is 6.20 Å². The lowest BCUT2D eigenvalue weighted by molar-refractivity contribution is -0.116. The number of hydrogen-bond acceptors (Lipinski definition) is 6. The lowest BCUT2D eigenvalue weighted by Gasteiger charge is -2.34. The Bertz CT molecular complexity index is 1450. The molecular formula is C31H37N7O. The summed E-state index contributed by atoms with van der Waals surface area (Å²) in [6, 6.07) is 16.4. The highest BCUT2D eigenvalue weighted by Gasteiger charge is 2.18. The monoisotopic (exact) mass is 523 g/mol. The van der Waals surface area contributed by atoms with Crippen molar-refractivity contribution in [1.29, 1.82) is 0 Å². The maximum Gasteiger partial charge on any atom is 0.224 e. The number of amides is 1. The minimum absolute atomic E-state index is 0.0815. The van der Waals surface area contributed by atoms with Crippen molar-refractivity contribution in [3.63, 3.8) is 0 Å². The van der Waals surface area contributed by atoms with Gasteiger partial charge in [-0.05, 0) is 54.8 Å². The summed E-state index contributed by atoms with van der Waals surface area (Å²) in [6.45, 7) is 4.17. The number of benzene rings is 2. The molecule has 0 radical (unpaired) electrons. The fourth-order valence-corrected chi connectivity index (χ4v) is 5.90. The maximum atomic E-state index is 12.4. The summed E-state index contributed by atoms with van der Waals surface area (Å²) in [6.07, 6.45) is 10.4. The number of nitrogens with two attached hydrogens (primary N) is 1. The van der Waals surface area contributed by atoms with Crippen LogP contribution in [0.3, 0.4) is 0 Å². The molecule has 3 heterocycles. The number of piperazine rings is 1. The molecule has 2 aromatic heterocycles. The smallest absolute Gasteiger partial charge is 0.224 e. The Kier molecular flexibility index (Phi) is 7.20. The number of likely N-dealkylation sites (N-methyl/N-ethyl adjacent to an activating group) is 1. The Morgan fingerprint density at radius 2 is 1.74 bits per heavy atom. The van der Waals surface area contributed by atoms with Crippen LogP contribution in [-0.4, -0.2) is 58.6 Å². The van der Waals surface area contributed by atoms with Crippen molar-refractivity contribution >= 4 is 28.7 Å². The van der Waals surface area contributed by atoms with Gasteiger partial charge in [0.2, 0.25) is 5.91 Å². The Hall–Kier alpha value is -3.91. The van der Waals surface area contributed by atoms with Crippen LogP contribution >= 0.6 is 0 Å². The van der Waals surface area contributed by atoms with Gasteiger partial charge in [-0.3, -0.25) is 4.79 Å². The molecule has 1 aliphatic carbocycles. The summed E-state index contributed by atoms with van der Waals surface area (Å²) in [4.78, 5) is 22.0. The van der Waals surface area contributed by atoms with E-state index in [9.17, 15) is 4.79 Å². The van der Waals surface area contributed by atoms with Crippen molar-refractivity contribution in [2.24, 2.45) is 5.92 Å². The molecule has 0 unspecified atom stereocenters. The van der Waals surface area contributed by atoms with E-state index in [1.165, 1.54) is 31.4 Å². The fraction of sp³-hybridized carbons (Fsp3) is 0.387. The predicted octanol–water partition coefficient (Wildman–Crippen LogP) is 5.31. The number of hydrogen-bond donors (Lipinski definition) is 2. The van der Waals surface area contributed by atoms with Crippen LogP contribution in [0.15, 0.2) is 60.9 Å². The zero-order valence-corrected chi connectivity index (χ0v) is 22.6. The summed E-state index contributed by atoms with van der Waals surface area (Å²) in [5.74, 6) is 1.33. The average molecular weight is 524 g/mol. The van der Waals surface area contributed by atoms with Gasteiger partial charge in [-0.2, -0.15) is 9.61 Å². The first kappa shape index (κ1) is 25.4. The summed E-state index contributed by atoms with van der Waals surface area (Å²) < 4.78 is 1.71. The van der Waals surface area contributed by atoms with Crippen LogP contribution in [0.4, 0.5) is 17.2 Å². The number of aromatic nitrogens is 3. The van der Waals surface area contributed by atoms with Crippen molar-refractivity contribution in [3.05, 3.63) is 60.9 Å². The molecule has 8 nitrogen and oxygen atoms in total. The third-order valence-corrected chi connectivity index (χ3v) is 8.32. The van der Waals surface area contributed by atoms with Gasteiger partial charge in [-0.15, -0.1) is 0 Å². The molecular weight excluding hydrogens is 486 g/mol. The number of anilines is 3. The zero-order valence-electron chi connectivity index (χ0n) is 22.6. The summed E-state index contributed by atoms with van der Waals surface area (Å²) in [5.41, 5.74) is 13.1. The zero-order chi connectivity index (χ0) is 26.8. The number of nitrogen functional groups attached to an aromatic ring is 1. The van der Waals surface area contributed by atoms with Crippen LogP contribution < -0.4 is 16.0 Å². The van der Waals surface area contributed by atoms with Gasteiger partial charge in [-0.25, -0.2) is 4.98 Å². The molecule has 2 aliphatic rings. The largest absolute Gasteiger partial charge is 0.383 e. The second-order valence-electron chi connectivity index (χ2n) is 11.0. The van der Waals surface area contributed by atoms with Gasteiger partial charge >= 0.3 is 0 Å². The van der Waals surface area contributed by atoms with Gasteiger partial charge < -0.3 is 20.9 Å². The highest BCUT2D eigenvalue weighted by molar-refractivity contribution is 5.91. The molecule has 0 bridgehead atoms. The molecule has 8 heteroatoms. The average Bonchev–Trinajstić information content (AvgIpc) is 3.64. The second-order valence-corrected chi connectivity index (χ2v) is 11.0. The summed E-state index contributed by atoms with van der Waals surface area (Å²) in [5, 5.41) is 7.63. The number of rotatable bonds is 7. The van der Waals surface area contributed by atoms with Crippen molar-refractivity contribution in [1.82, 2.24) is 19.5 Å². The van der Waals surface area contributed by atoms with Crippen molar-refractivity contribution < 1.29 is 4.79 Å². The highest BCUT2D eigenvalue weighted by Crippen LogP contribution is 2.32. The van der Waals surface area contributed by atoms with Crippen LogP contribution in [0.2, 0.25) is 0 Å². The van der Waals surface area contributed by atoms with Crippen LogP contribution in [0.5, 0.6) is 0 Å². The third-order valence-electron chi connectivity index (χ3n) is 8.32. The number of nitrogens with one attached hydrogen (secondary N) is 1. The molecule has 4 aromatic rings. The van der Waals surface area contributed by atoms with Gasteiger partial charge in [0.15, 0.2) is 5.65 Å². The van der Waals surface area contributed by atoms with Crippen molar-refractivity contribution in [2.45, 2.75) is 38.5 Å². The van der Waals surface area contributed by atoms with E-state index < -0.39 is 0 Å². The Labute approximate surface area is 229 Å². The van der Waals surface area contributed by atoms with E-state index in [2.05, 4.69) is 51.5 Å². The number of carbonyl (C=O) groups is 1. The molecule has 6 rings (SSSR count). The standard InChI is InChI=1S/C31H37N7O/c1-36-15-17-37(18-16-36)26-8-4-7-24(19-26)28-21-34-38-30(32)27(20-33-31(28)38)23-10-12-25(13-11-23)35-29(39)14-9-22-5-2-3-6-22/h4,7-8,10-13,19-22H,2-3,5-6,9,14-18,32H2,1H3,(H,35,39). The molecule has 0 atom stereocenters. The van der Waals surface area contributed by atoms with Crippen LogP contribution in [0, 0.1) is 5.92 Å². The quantitative estimate of drug-likeness (QED) is 0.341. The Balaban J connectivity index is 1.18. The lowest BCUT2D eigenvalue weighted by atomic mass is 10.0. The normalized spacial score (nSPS) is 16.7. The van der Waals surface area contributed by atoms with Gasteiger partial charge in [0, 0.05) is 61.3 Å². The van der Waals surface area contributed by atoms with Gasteiger partial charge in [-0.1, -0.05) is 49.9 Å². The summed E-state index contributed by atoms with van der Waals surface area (Å²) in [7, 11) is 2.17. The first-order chi connectivity index (χ1) is 19.0. The number of carbonyl (C=O) groups excluding carboxylic acids is 1. The van der Waals surface area contributed by atoms with E-state index in [1.54, 1.807) is 4.52 Å². The highest BCUT2D eigenvalue weighted by atomic mass is 16.1. The maximum absolute atomic E-state index is 12.4. The molecule has 2 aromatic carbocycles.